The van der Waals surface area contributed by atoms with Crippen molar-refractivity contribution in [2.75, 3.05) is 105 Å². The first-order chi connectivity index (χ1) is 40.3. The molecule has 0 atom stereocenters. The fourth-order valence-corrected chi connectivity index (χ4v) is 5.65. The maximum Gasteiger partial charge on any atom is 0.407 e. The van der Waals surface area contributed by atoms with Crippen LogP contribution in [0.3, 0.4) is 0 Å². The van der Waals surface area contributed by atoms with Crippen molar-refractivity contribution < 1.29 is 52.8 Å². The Morgan fingerprint density at radius 2 is 0.819 bits per heavy atom. The molecule has 0 spiro atoms. The molecule has 3 heterocycles. The third-order valence-electron chi connectivity index (χ3n) is 9.49. The zero-order valence-electron chi connectivity index (χ0n) is 49.5. The van der Waals surface area contributed by atoms with Gasteiger partial charge in [-0.3, -0.25) is 29.3 Å². The van der Waals surface area contributed by atoms with Crippen LogP contribution in [0.25, 0.3) is 0 Å². The molecule has 3 aromatic rings. The monoisotopic (exact) mass is 1160 g/mol. The van der Waals surface area contributed by atoms with Crippen LogP contribution in [0.5, 0.6) is 0 Å². The molecule has 0 aromatic carbocycles. The summed E-state index contributed by atoms with van der Waals surface area (Å²) in [6, 6.07) is 9.94. The lowest BCUT2D eigenvalue weighted by Crippen LogP contribution is -2.34. The first-order valence-electron chi connectivity index (χ1n) is 28.0. The second-order valence-corrected chi connectivity index (χ2v) is 17.9. The molecule has 0 aliphatic rings. The van der Waals surface area contributed by atoms with Crippen molar-refractivity contribution in [2.24, 2.45) is 22.9 Å². The van der Waals surface area contributed by atoms with Gasteiger partial charge in [-0.2, -0.15) is 0 Å². The third-order valence-corrected chi connectivity index (χ3v) is 9.49. The second kappa shape index (κ2) is 59.3. The number of amides is 4. The molecule has 3 rings (SSSR count). The van der Waals surface area contributed by atoms with Gasteiger partial charge in [0, 0.05) is 96.0 Å². The number of carbonyl (C=O) groups is 5. The van der Waals surface area contributed by atoms with Gasteiger partial charge in [0.2, 0.25) is 5.91 Å². The number of carbonyl (C=O) groups excluding carboxylic acids is 4. The SMILES string of the molecule is CC(C)(C)OC(=O)NCCOCCN.CC/C=C\C/C=C\C/C=C\C/C=C\C/C=C\C/C=C\CCC(=O)NCCOCCNC(=O)c1cccnc1.NCCOCCN.NCCOCCNC(=O)c1cccnc1.O=C(O)c1cccnc1. The van der Waals surface area contributed by atoms with Gasteiger partial charge in [-0.25, -0.2) is 9.59 Å². The van der Waals surface area contributed by atoms with Gasteiger partial charge < -0.3 is 73.0 Å². The minimum absolute atomic E-state index is 0.0120. The summed E-state index contributed by atoms with van der Waals surface area (Å²) >= 11 is 0. The summed E-state index contributed by atoms with van der Waals surface area (Å²) in [5.41, 5.74) is 21.5. The largest absolute Gasteiger partial charge is 0.478 e. The number of hydrogen-bond acceptors (Lipinski definition) is 17. The molecule has 0 saturated carbocycles. The van der Waals surface area contributed by atoms with Gasteiger partial charge in [0.25, 0.3) is 11.8 Å². The maximum absolute atomic E-state index is 11.9. The number of alkyl carbamates (subject to hydrolysis) is 1. The van der Waals surface area contributed by atoms with Crippen LogP contribution in [0.15, 0.2) is 146 Å². The number of nitrogens with two attached hydrogens (primary N) is 4. The molecule has 0 saturated heterocycles. The molecule has 462 valence electrons. The molecule has 22 heteroatoms. The van der Waals surface area contributed by atoms with E-state index >= 15 is 0 Å². The molecule has 0 unspecified atom stereocenters. The van der Waals surface area contributed by atoms with E-state index in [4.69, 9.17) is 51.7 Å². The Bertz CT molecular complexity index is 2210. The van der Waals surface area contributed by atoms with E-state index in [0.29, 0.717) is 123 Å². The minimum atomic E-state index is -0.942. The Morgan fingerprint density at radius 3 is 1.16 bits per heavy atom. The lowest BCUT2D eigenvalue weighted by atomic mass is 10.2. The number of rotatable bonds is 37. The van der Waals surface area contributed by atoms with Crippen molar-refractivity contribution in [3.63, 3.8) is 0 Å². The number of nitrogens with zero attached hydrogens (tertiary/aromatic N) is 3. The number of hydrogen-bond donors (Lipinski definition) is 9. The summed E-state index contributed by atoms with van der Waals surface area (Å²) < 4.78 is 25.5. The Kier molecular flexibility index (Phi) is 55.6. The average molecular weight is 1160 g/mol. The van der Waals surface area contributed by atoms with Crippen molar-refractivity contribution in [1.29, 1.82) is 0 Å². The van der Waals surface area contributed by atoms with Crippen molar-refractivity contribution in [1.82, 2.24) is 36.2 Å². The molecule has 22 nitrogen and oxygen atoms in total. The number of carboxylic acid groups (broad SMARTS) is 1. The molecule has 0 bridgehead atoms. The van der Waals surface area contributed by atoms with Crippen molar-refractivity contribution >= 4 is 29.8 Å². The zero-order chi connectivity index (χ0) is 61.5. The van der Waals surface area contributed by atoms with Gasteiger partial charge in [-0.05, 0) is 102 Å². The Morgan fingerprint density at radius 1 is 0.482 bits per heavy atom. The minimum Gasteiger partial charge on any atom is -0.478 e. The number of aromatic carboxylic acids is 1. The van der Waals surface area contributed by atoms with E-state index in [2.05, 4.69) is 110 Å². The molecule has 0 aliphatic heterocycles. The van der Waals surface area contributed by atoms with E-state index < -0.39 is 17.7 Å². The highest BCUT2D eigenvalue weighted by atomic mass is 16.6. The standard InChI is InChI=1S/C32H45N3O3.C10H15N3O2.C9H20N2O3.C6H5NO2.C4H12N2O/c1-2-3-4-5-6-7-8-9-10-11-12-13-14-15-16-17-18-19-20-23-31(36)34-25-27-38-28-26-35-32(37)30-22-21-24-33-29-30;11-3-6-15-7-5-13-10(14)9-2-1-4-12-8-9;1-9(2,3)14-8(12)11-5-7-13-6-4-10;8-6(9)5-2-1-3-7-4-5;5-1-3-7-4-2-6/h3-4,6-7,9-10,12-13,15-16,18-19,21-22,24,29H,2,5,8,11,14,17,20,23,25-28H2,1H3,(H,34,36)(H,35,37);1-2,4,8H,3,5-7,11H2,(H,13,14);4-7,10H2,1-3H3,(H,11,12);1-4H,(H,8,9);1-6H2/b4-3-,7-6-,10-9-,13-12-,16-15-,19-18-;;;;. The van der Waals surface area contributed by atoms with Gasteiger partial charge in [0.1, 0.15) is 5.60 Å². The zero-order valence-corrected chi connectivity index (χ0v) is 49.5. The van der Waals surface area contributed by atoms with Crippen LogP contribution in [0.4, 0.5) is 4.79 Å². The predicted octanol–water partition coefficient (Wildman–Crippen LogP) is 6.40. The van der Waals surface area contributed by atoms with Crippen LogP contribution in [-0.4, -0.2) is 161 Å². The highest BCUT2D eigenvalue weighted by Crippen LogP contribution is 2.06. The quantitative estimate of drug-likeness (QED) is 0.0223. The summed E-state index contributed by atoms with van der Waals surface area (Å²) in [6.45, 7) is 15.5. The summed E-state index contributed by atoms with van der Waals surface area (Å²) in [4.78, 5) is 67.8. The lowest BCUT2D eigenvalue weighted by molar-refractivity contribution is -0.121. The molecular weight excluding hydrogens is 1060 g/mol. The third kappa shape index (κ3) is 57.7. The fourth-order valence-electron chi connectivity index (χ4n) is 5.65. The van der Waals surface area contributed by atoms with E-state index in [9.17, 15) is 24.0 Å². The molecule has 0 fully saturated rings. The topological polar surface area (TPSA) is 343 Å². The van der Waals surface area contributed by atoms with Crippen molar-refractivity contribution in [3.8, 4) is 0 Å². The van der Waals surface area contributed by atoms with Crippen LogP contribution in [0.2, 0.25) is 0 Å². The van der Waals surface area contributed by atoms with Gasteiger partial charge in [0.05, 0.1) is 69.5 Å². The Hall–Kier alpha value is -7.28. The maximum atomic E-state index is 11.9. The van der Waals surface area contributed by atoms with E-state index in [0.717, 1.165) is 44.9 Å². The molecular formula is C61H97N11O11. The summed E-state index contributed by atoms with van der Waals surface area (Å²) in [6.07, 6.45) is 41.8. The van der Waals surface area contributed by atoms with Crippen LogP contribution in [0, 0.1) is 0 Å². The normalized spacial score (nSPS) is 11.0. The fraction of sp³-hybridized carbons (Fsp3) is 0.475. The van der Waals surface area contributed by atoms with E-state index in [1.54, 1.807) is 42.7 Å². The summed E-state index contributed by atoms with van der Waals surface area (Å²) in [7, 11) is 0. The average Bonchev–Trinajstić information content (AvgIpc) is 3.49. The van der Waals surface area contributed by atoms with Crippen LogP contribution in [-0.2, 0) is 28.5 Å². The second-order valence-electron chi connectivity index (χ2n) is 17.9. The number of allylic oxidation sites excluding steroid dienone is 12. The highest BCUT2D eigenvalue weighted by molar-refractivity contribution is 5.94. The molecule has 13 N–H and O–H groups in total. The van der Waals surface area contributed by atoms with Crippen LogP contribution < -0.4 is 44.2 Å². The number of nitrogens with one attached hydrogen (secondary N) is 4. The van der Waals surface area contributed by atoms with Crippen LogP contribution >= 0.6 is 0 Å². The van der Waals surface area contributed by atoms with Crippen molar-refractivity contribution in [3.05, 3.63) is 163 Å². The Labute approximate surface area is 493 Å². The van der Waals surface area contributed by atoms with E-state index in [1.807, 2.05) is 26.8 Å². The smallest absolute Gasteiger partial charge is 0.407 e. The summed E-state index contributed by atoms with van der Waals surface area (Å²) in [5.74, 6) is -1.25. The van der Waals surface area contributed by atoms with Gasteiger partial charge >= 0.3 is 12.1 Å². The molecule has 0 aliphatic carbocycles. The predicted molar refractivity (Wildman–Crippen MR) is 329 cm³/mol. The molecule has 0 radical (unpaired) electrons. The number of pyridine rings is 3. The molecule has 3 aromatic heterocycles. The lowest BCUT2D eigenvalue weighted by Gasteiger charge is -2.19. The van der Waals surface area contributed by atoms with E-state index in [-0.39, 0.29) is 23.3 Å². The number of aromatic nitrogens is 3. The van der Waals surface area contributed by atoms with Crippen molar-refractivity contribution in [2.45, 2.75) is 84.7 Å². The van der Waals surface area contributed by atoms with Crippen LogP contribution in [0.1, 0.15) is 110 Å². The summed E-state index contributed by atoms with van der Waals surface area (Å²) in [5, 5.41) is 19.2. The van der Waals surface area contributed by atoms with E-state index in [1.165, 1.54) is 30.9 Å². The number of ether oxygens (including phenoxy) is 5. The van der Waals surface area contributed by atoms with Gasteiger partial charge in [0.15, 0.2) is 0 Å². The van der Waals surface area contributed by atoms with Gasteiger partial charge in [-0.15, -0.1) is 0 Å². The first kappa shape index (κ1) is 77.8. The molecule has 83 heavy (non-hydrogen) atoms. The van der Waals surface area contributed by atoms with Gasteiger partial charge in [-0.1, -0.05) is 79.8 Å². The number of carboxylic acids is 1. The Balaban J connectivity index is 0. The first-order valence-corrected chi connectivity index (χ1v) is 28.0. The highest BCUT2D eigenvalue weighted by Gasteiger charge is 2.15. The molecule has 4 amide bonds.